The summed E-state index contributed by atoms with van der Waals surface area (Å²) in [7, 11) is 0. The molecule has 1 fully saturated rings. The van der Waals surface area contributed by atoms with E-state index in [2.05, 4.69) is 29.6 Å². The van der Waals surface area contributed by atoms with Crippen LogP contribution >= 0.6 is 0 Å². The van der Waals surface area contributed by atoms with Gasteiger partial charge in [0.1, 0.15) is 0 Å². The van der Waals surface area contributed by atoms with E-state index >= 15 is 0 Å². The van der Waals surface area contributed by atoms with Gasteiger partial charge in [-0.1, -0.05) is 18.1 Å². The molecule has 1 aromatic heterocycles. The lowest BCUT2D eigenvalue weighted by Gasteiger charge is -2.31. The maximum atomic E-state index is 12.4. The van der Waals surface area contributed by atoms with E-state index in [0.29, 0.717) is 5.92 Å². The molecule has 2 amide bonds. The fraction of sp³-hybridized carbons (Fsp3) is 0.700. The van der Waals surface area contributed by atoms with Crippen LogP contribution in [0.1, 0.15) is 69.8 Å². The topological polar surface area (TPSA) is 50.2 Å². The molecule has 0 spiro atoms. The van der Waals surface area contributed by atoms with Gasteiger partial charge in [-0.3, -0.25) is 4.68 Å². The Morgan fingerprint density at radius 3 is 2.88 bits per heavy atom. The van der Waals surface area contributed by atoms with E-state index in [-0.39, 0.29) is 6.03 Å². The van der Waals surface area contributed by atoms with Gasteiger partial charge < -0.3 is 10.2 Å². The first-order valence-corrected chi connectivity index (χ1v) is 9.99. The maximum Gasteiger partial charge on any atom is 0.317 e. The van der Waals surface area contributed by atoms with E-state index in [1.54, 1.807) is 0 Å². The van der Waals surface area contributed by atoms with Crippen LogP contribution in [-0.4, -0.2) is 40.3 Å². The molecule has 2 heterocycles. The summed E-state index contributed by atoms with van der Waals surface area (Å²) in [6.45, 7) is 5.48. The van der Waals surface area contributed by atoms with Crippen LogP contribution in [0.25, 0.3) is 0 Å². The third-order valence-electron chi connectivity index (χ3n) is 5.59. The number of piperidine rings is 1. The molecule has 2 aliphatic rings. The highest BCUT2D eigenvalue weighted by molar-refractivity contribution is 5.74. The predicted octanol–water partition coefficient (Wildman–Crippen LogP) is 4.07. The van der Waals surface area contributed by atoms with Gasteiger partial charge in [0, 0.05) is 32.4 Å². The van der Waals surface area contributed by atoms with Crippen molar-refractivity contribution in [2.75, 3.05) is 19.6 Å². The molecule has 1 saturated heterocycles. The molecule has 5 heteroatoms. The maximum absolute atomic E-state index is 12.4. The summed E-state index contributed by atoms with van der Waals surface area (Å²) in [6, 6.07) is 0.108. The number of hydrogen-bond acceptors (Lipinski definition) is 2. The Hall–Kier alpha value is -1.78. The quantitative estimate of drug-likeness (QED) is 0.819. The van der Waals surface area contributed by atoms with Gasteiger partial charge in [0.15, 0.2) is 0 Å². The zero-order valence-corrected chi connectivity index (χ0v) is 15.5. The molecule has 0 saturated carbocycles. The molecule has 25 heavy (non-hydrogen) atoms. The zero-order valence-electron chi connectivity index (χ0n) is 15.5. The molecule has 1 aliphatic heterocycles. The van der Waals surface area contributed by atoms with Crippen molar-refractivity contribution in [3.63, 3.8) is 0 Å². The normalized spacial score (nSPS) is 19.4. The van der Waals surface area contributed by atoms with Crippen molar-refractivity contribution in [2.24, 2.45) is 0 Å². The van der Waals surface area contributed by atoms with E-state index in [1.165, 1.54) is 43.2 Å². The molecule has 1 N–H and O–H groups in total. The third-order valence-corrected chi connectivity index (χ3v) is 5.59. The van der Waals surface area contributed by atoms with Crippen LogP contribution < -0.4 is 5.32 Å². The van der Waals surface area contributed by atoms with Crippen molar-refractivity contribution in [1.29, 1.82) is 0 Å². The molecule has 3 rings (SSSR count). The second-order valence-electron chi connectivity index (χ2n) is 7.33. The number of hydrogen-bond donors (Lipinski definition) is 1. The van der Waals surface area contributed by atoms with E-state index in [4.69, 9.17) is 0 Å². The average Bonchev–Trinajstić information content (AvgIpc) is 2.98. The lowest BCUT2D eigenvalue weighted by Crippen LogP contribution is -2.44. The van der Waals surface area contributed by atoms with E-state index in [1.807, 2.05) is 15.8 Å². The molecule has 0 aromatic carbocycles. The minimum absolute atomic E-state index is 0.108. The predicted molar refractivity (Wildman–Crippen MR) is 101 cm³/mol. The van der Waals surface area contributed by atoms with Gasteiger partial charge >= 0.3 is 6.03 Å². The number of likely N-dealkylation sites (tertiary alicyclic amines) is 1. The number of aromatic nitrogens is 2. The second kappa shape index (κ2) is 9.07. The first kappa shape index (κ1) is 18.0. The molecular weight excluding hydrogens is 312 g/mol. The van der Waals surface area contributed by atoms with Crippen molar-refractivity contribution in [1.82, 2.24) is 20.0 Å². The van der Waals surface area contributed by atoms with Crippen molar-refractivity contribution in [3.05, 3.63) is 29.6 Å². The smallest absolute Gasteiger partial charge is 0.317 e. The standard InChI is InChI=1S/C20H32N4O/c1-2-24-16-19(15-22-24)18-10-13-23(14-11-18)20(25)21-12-9-17-7-5-3-4-6-8-17/h7,15-16,18H,2-6,8-14H2,1H3,(H,21,25). The van der Waals surface area contributed by atoms with Crippen LogP contribution in [0.5, 0.6) is 0 Å². The molecular formula is C20H32N4O. The van der Waals surface area contributed by atoms with Crippen molar-refractivity contribution in [2.45, 2.75) is 70.8 Å². The fourth-order valence-corrected chi connectivity index (χ4v) is 3.93. The molecule has 1 aliphatic carbocycles. The molecule has 1 aromatic rings. The summed E-state index contributed by atoms with van der Waals surface area (Å²) in [4.78, 5) is 14.4. The number of urea groups is 1. The van der Waals surface area contributed by atoms with E-state index in [0.717, 1.165) is 45.4 Å². The average molecular weight is 345 g/mol. The largest absolute Gasteiger partial charge is 0.338 e. The van der Waals surface area contributed by atoms with Gasteiger partial charge in [0.2, 0.25) is 0 Å². The molecule has 0 radical (unpaired) electrons. The Morgan fingerprint density at radius 2 is 2.12 bits per heavy atom. The number of nitrogens with zero attached hydrogens (tertiary/aromatic N) is 3. The van der Waals surface area contributed by atoms with E-state index in [9.17, 15) is 4.79 Å². The number of rotatable bonds is 5. The van der Waals surface area contributed by atoms with Crippen LogP contribution in [0.2, 0.25) is 0 Å². The first-order chi connectivity index (χ1) is 12.3. The molecule has 0 bridgehead atoms. The molecule has 0 atom stereocenters. The number of carbonyl (C=O) groups excluding carboxylic acids is 1. The first-order valence-electron chi connectivity index (χ1n) is 9.99. The Kier molecular flexibility index (Phi) is 6.54. The van der Waals surface area contributed by atoms with Crippen LogP contribution in [-0.2, 0) is 6.54 Å². The number of carbonyl (C=O) groups is 1. The van der Waals surface area contributed by atoms with Gasteiger partial charge in [0.05, 0.1) is 6.20 Å². The lowest BCUT2D eigenvalue weighted by atomic mass is 9.92. The Morgan fingerprint density at radius 1 is 1.28 bits per heavy atom. The van der Waals surface area contributed by atoms with Gasteiger partial charge in [-0.25, -0.2) is 4.79 Å². The lowest BCUT2D eigenvalue weighted by molar-refractivity contribution is 0.181. The van der Waals surface area contributed by atoms with Crippen LogP contribution in [0.15, 0.2) is 24.0 Å². The Balaban J connectivity index is 1.38. The van der Waals surface area contributed by atoms with Gasteiger partial charge in [-0.15, -0.1) is 0 Å². The van der Waals surface area contributed by atoms with Crippen molar-refractivity contribution in [3.8, 4) is 0 Å². The second-order valence-corrected chi connectivity index (χ2v) is 7.33. The monoisotopic (exact) mass is 344 g/mol. The highest BCUT2D eigenvalue weighted by atomic mass is 16.2. The van der Waals surface area contributed by atoms with Gasteiger partial charge in [-0.2, -0.15) is 5.10 Å². The van der Waals surface area contributed by atoms with E-state index < -0.39 is 0 Å². The summed E-state index contributed by atoms with van der Waals surface area (Å²) in [5.74, 6) is 0.542. The van der Waals surface area contributed by atoms with Crippen LogP contribution in [0.4, 0.5) is 4.79 Å². The zero-order chi connectivity index (χ0) is 17.5. The Labute approximate surface area is 151 Å². The fourth-order valence-electron chi connectivity index (χ4n) is 3.93. The Bertz CT molecular complexity index is 584. The van der Waals surface area contributed by atoms with Crippen molar-refractivity contribution >= 4 is 6.03 Å². The minimum Gasteiger partial charge on any atom is -0.338 e. The van der Waals surface area contributed by atoms with Crippen LogP contribution in [0, 0.1) is 0 Å². The number of allylic oxidation sites excluding steroid dienone is 1. The number of aryl methyl sites for hydroxylation is 1. The SMILES string of the molecule is CCn1cc(C2CCN(C(=O)NCCC3=CCCCCC3)CC2)cn1. The minimum atomic E-state index is 0.108. The third kappa shape index (κ3) is 5.10. The highest BCUT2D eigenvalue weighted by Crippen LogP contribution is 2.27. The molecule has 0 unspecified atom stereocenters. The van der Waals surface area contributed by atoms with Crippen molar-refractivity contribution < 1.29 is 4.79 Å². The summed E-state index contributed by atoms with van der Waals surface area (Å²) >= 11 is 0. The summed E-state index contributed by atoms with van der Waals surface area (Å²) < 4.78 is 1.98. The highest BCUT2D eigenvalue weighted by Gasteiger charge is 2.24. The number of nitrogens with one attached hydrogen (secondary N) is 1. The van der Waals surface area contributed by atoms with Gasteiger partial charge in [0.25, 0.3) is 0 Å². The molecule has 138 valence electrons. The molecule has 5 nitrogen and oxygen atoms in total. The summed E-state index contributed by atoms with van der Waals surface area (Å²) in [5.41, 5.74) is 2.85. The summed E-state index contributed by atoms with van der Waals surface area (Å²) in [5, 5.41) is 7.49. The van der Waals surface area contributed by atoms with Gasteiger partial charge in [-0.05, 0) is 63.4 Å². The summed E-state index contributed by atoms with van der Waals surface area (Å²) in [6.07, 6.45) is 16.0. The number of amides is 2. The van der Waals surface area contributed by atoms with Crippen LogP contribution in [0.3, 0.4) is 0 Å².